The van der Waals surface area contributed by atoms with Gasteiger partial charge in [-0.2, -0.15) is 0 Å². The Labute approximate surface area is 96.7 Å². The highest BCUT2D eigenvalue weighted by Gasteiger charge is 2.32. The summed E-state index contributed by atoms with van der Waals surface area (Å²) in [6.07, 6.45) is 5.78. The summed E-state index contributed by atoms with van der Waals surface area (Å²) in [7, 11) is 0. The molecule has 1 saturated carbocycles. The van der Waals surface area contributed by atoms with Crippen LogP contribution in [0.1, 0.15) is 42.9 Å². The second kappa shape index (κ2) is 4.19. The topological polar surface area (TPSA) is 32.3 Å². The molecular weight excluding hydrogens is 198 g/mol. The second-order valence-corrected chi connectivity index (χ2v) is 5.10. The van der Waals surface area contributed by atoms with Gasteiger partial charge in [-0.3, -0.25) is 0 Å². The fraction of sp³-hybridized carbons (Fsp3) is 0.571. The van der Waals surface area contributed by atoms with Gasteiger partial charge in [0.25, 0.3) is 0 Å². The molecule has 2 aliphatic rings. The molecule has 0 amide bonds. The molecule has 2 nitrogen and oxygen atoms in total. The molecule has 3 rings (SSSR count). The molecule has 0 aromatic heterocycles. The lowest BCUT2D eigenvalue weighted by Crippen LogP contribution is -2.35. The highest BCUT2D eigenvalue weighted by molar-refractivity contribution is 5.36. The van der Waals surface area contributed by atoms with Crippen LogP contribution in [0, 0.1) is 0 Å². The van der Waals surface area contributed by atoms with Crippen LogP contribution in [0.2, 0.25) is 0 Å². The highest BCUT2D eigenvalue weighted by Crippen LogP contribution is 2.33. The predicted molar refractivity (Wildman–Crippen MR) is 64.3 cm³/mol. The standard InChI is InChI=1S/C14H19NO/c16-13-9-10-5-1-4-8-12(10)14(13)15-11-6-2-3-7-11/h1,4-5,8,11,13-16H,2-3,6-7,9H2/t13-,14+/m1/s1. The lowest BCUT2D eigenvalue weighted by Gasteiger charge is -2.22. The number of aliphatic hydroxyl groups excluding tert-OH is 1. The summed E-state index contributed by atoms with van der Waals surface area (Å²) < 4.78 is 0. The average Bonchev–Trinajstić information content (AvgIpc) is 2.89. The SMILES string of the molecule is O[C@@H]1Cc2ccccc2[C@@H]1NC1CCCC1. The van der Waals surface area contributed by atoms with Crippen LogP contribution in [-0.2, 0) is 6.42 Å². The second-order valence-electron chi connectivity index (χ2n) is 5.10. The fourth-order valence-electron chi connectivity index (χ4n) is 3.12. The molecule has 2 heteroatoms. The maximum atomic E-state index is 10.1. The fourth-order valence-corrected chi connectivity index (χ4v) is 3.12. The van der Waals surface area contributed by atoms with Crippen molar-refractivity contribution in [2.45, 2.75) is 50.3 Å². The van der Waals surface area contributed by atoms with E-state index in [4.69, 9.17) is 0 Å². The quantitative estimate of drug-likeness (QED) is 0.795. The third-order valence-corrected chi connectivity index (χ3v) is 3.97. The molecule has 1 aromatic carbocycles. The molecule has 2 atom stereocenters. The van der Waals surface area contributed by atoms with Crippen LogP contribution in [0.25, 0.3) is 0 Å². The third-order valence-electron chi connectivity index (χ3n) is 3.97. The summed E-state index contributed by atoms with van der Waals surface area (Å²) in [5, 5.41) is 13.7. The van der Waals surface area contributed by atoms with E-state index in [0.29, 0.717) is 6.04 Å². The first-order valence-corrected chi connectivity index (χ1v) is 6.36. The maximum Gasteiger partial charge on any atom is 0.0775 e. The summed E-state index contributed by atoms with van der Waals surface area (Å²) in [6.45, 7) is 0. The summed E-state index contributed by atoms with van der Waals surface area (Å²) in [4.78, 5) is 0. The van der Waals surface area contributed by atoms with Gasteiger partial charge in [0, 0.05) is 12.5 Å². The molecule has 1 fully saturated rings. The van der Waals surface area contributed by atoms with E-state index in [1.54, 1.807) is 0 Å². The van der Waals surface area contributed by atoms with Crippen LogP contribution in [0.5, 0.6) is 0 Å². The van der Waals surface area contributed by atoms with Crippen LogP contribution in [-0.4, -0.2) is 17.3 Å². The zero-order valence-corrected chi connectivity index (χ0v) is 9.52. The minimum Gasteiger partial charge on any atom is -0.391 e. The van der Waals surface area contributed by atoms with E-state index in [9.17, 15) is 5.11 Å². The van der Waals surface area contributed by atoms with Gasteiger partial charge in [-0.15, -0.1) is 0 Å². The van der Waals surface area contributed by atoms with Gasteiger partial charge in [0.15, 0.2) is 0 Å². The molecule has 0 saturated heterocycles. The molecule has 2 N–H and O–H groups in total. The summed E-state index contributed by atoms with van der Waals surface area (Å²) in [5.41, 5.74) is 2.62. The number of fused-ring (bicyclic) bond motifs is 1. The molecule has 0 aliphatic heterocycles. The molecule has 0 radical (unpaired) electrons. The number of rotatable bonds is 2. The van der Waals surface area contributed by atoms with Crippen molar-refractivity contribution in [2.24, 2.45) is 0 Å². The number of aliphatic hydroxyl groups is 1. The Morgan fingerprint density at radius 2 is 1.88 bits per heavy atom. The first kappa shape index (κ1) is 10.3. The largest absolute Gasteiger partial charge is 0.391 e. The number of hydrogen-bond acceptors (Lipinski definition) is 2. The van der Waals surface area contributed by atoms with E-state index in [-0.39, 0.29) is 12.1 Å². The van der Waals surface area contributed by atoms with Crippen LogP contribution in [0.15, 0.2) is 24.3 Å². The minimum absolute atomic E-state index is 0.166. The molecule has 0 heterocycles. The van der Waals surface area contributed by atoms with Gasteiger partial charge in [-0.05, 0) is 24.0 Å². The summed E-state index contributed by atoms with van der Waals surface area (Å²) in [5.74, 6) is 0. The van der Waals surface area contributed by atoms with E-state index >= 15 is 0 Å². The summed E-state index contributed by atoms with van der Waals surface area (Å²) >= 11 is 0. The van der Waals surface area contributed by atoms with Crippen molar-refractivity contribution in [1.29, 1.82) is 0 Å². The Bertz CT molecular complexity index is 371. The normalized spacial score (nSPS) is 29.6. The van der Waals surface area contributed by atoms with Crippen LogP contribution in [0.4, 0.5) is 0 Å². The average molecular weight is 217 g/mol. The number of benzene rings is 1. The lowest BCUT2D eigenvalue weighted by atomic mass is 10.1. The Balaban J connectivity index is 1.79. The zero-order valence-electron chi connectivity index (χ0n) is 9.52. The molecule has 2 aliphatic carbocycles. The van der Waals surface area contributed by atoms with Gasteiger partial charge in [-0.25, -0.2) is 0 Å². The Kier molecular flexibility index (Phi) is 2.70. The minimum atomic E-state index is -0.238. The van der Waals surface area contributed by atoms with E-state index in [0.717, 1.165) is 6.42 Å². The predicted octanol–water partition coefficient (Wildman–Crippen LogP) is 2.18. The molecule has 1 aromatic rings. The molecule has 0 unspecified atom stereocenters. The first-order valence-electron chi connectivity index (χ1n) is 6.36. The van der Waals surface area contributed by atoms with Gasteiger partial charge in [0.1, 0.15) is 0 Å². The van der Waals surface area contributed by atoms with Crippen LogP contribution < -0.4 is 5.32 Å². The molecule has 86 valence electrons. The van der Waals surface area contributed by atoms with Crippen molar-refractivity contribution >= 4 is 0 Å². The zero-order chi connectivity index (χ0) is 11.0. The number of hydrogen-bond donors (Lipinski definition) is 2. The smallest absolute Gasteiger partial charge is 0.0775 e. The van der Waals surface area contributed by atoms with Crippen molar-refractivity contribution in [1.82, 2.24) is 5.32 Å². The lowest BCUT2D eigenvalue weighted by molar-refractivity contribution is 0.135. The van der Waals surface area contributed by atoms with Crippen molar-refractivity contribution in [3.05, 3.63) is 35.4 Å². The number of nitrogens with one attached hydrogen (secondary N) is 1. The summed E-state index contributed by atoms with van der Waals surface area (Å²) in [6, 6.07) is 9.20. The van der Waals surface area contributed by atoms with E-state index < -0.39 is 0 Å². The van der Waals surface area contributed by atoms with Gasteiger partial charge in [0.05, 0.1) is 12.1 Å². The van der Waals surface area contributed by atoms with Crippen LogP contribution >= 0.6 is 0 Å². The van der Waals surface area contributed by atoms with Gasteiger partial charge >= 0.3 is 0 Å². The van der Waals surface area contributed by atoms with E-state index in [2.05, 4.69) is 29.6 Å². The Hall–Kier alpha value is -0.860. The first-order chi connectivity index (χ1) is 7.84. The van der Waals surface area contributed by atoms with Crippen molar-refractivity contribution in [3.8, 4) is 0 Å². The van der Waals surface area contributed by atoms with Gasteiger partial charge < -0.3 is 10.4 Å². The van der Waals surface area contributed by atoms with Gasteiger partial charge in [0.2, 0.25) is 0 Å². The Morgan fingerprint density at radius 3 is 2.69 bits per heavy atom. The molecular formula is C14H19NO. The third kappa shape index (κ3) is 1.76. The van der Waals surface area contributed by atoms with E-state index in [1.165, 1.54) is 36.8 Å². The Morgan fingerprint density at radius 1 is 1.12 bits per heavy atom. The van der Waals surface area contributed by atoms with Crippen molar-refractivity contribution in [2.75, 3.05) is 0 Å². The van der Waals surface area contributed by atoms with Crippen molar-refractivity contribution in [3.63, 3.8) is 0 Å². The molecule has 0 spiro atoms. The van der Waals surface area contributed by atoms with Gasteiger partial charge in [-0.1, -0.05) is 37.1 Å². The molecule has 16 heavy (non-hydrogen) atoms. The highest BCUT2D eigenvalue weighted by atomic mass is 16.3. The van der Waals surface area contributed by atoms with E-state index in [1.807, 2.05) is 0 Å². The van der Waals surface area contributed by atoms with Crippen LogP contribution in [0.3, 0.4) is 0 Å². The molecule has 0 bridgehead atoms. The monoisotopic (exact) mass is 217 g/mol. The van der Waals surface area contributed by atoms with Crippen molar-refractivity contribution < 1.29 is 5.11 Å². The maximum absolute atomic E-state index is 10.1.